The second kappa shape index (κ2) is 9.95. The van der Waals surface area contributed by atoms with Crippen LogP contribution in [0.4, 0.5) is 10.5 Å². The van der Waals surface area contributed by atoms with Gasteiger partial charge in [-0.05, 0) is 79.8 Å². The maximum atomic E-state index is 14.2. The van der Waals surface area contributed by atoms with Crippen LogP contribution in [0.3, 0.4) is 0 Å². The van der Waals surface area contributed by atoms with Gasteiger partial charge in [0.25, 0.3) is 0 Å². The van der Waals surface area contributed by atoms with Crippen LogP contribution in [0.2, 0.25) is 0 Å². The van der Waals surface area contributed by atoms with E-state index in [0.29, 0.717) is 6.54 Å². The van der Waals surface area contributed by atoms with E-state index in [0.717, 1.165) is 57.3 Å². The SMILES string of the molecule is CCc1ccc([C@H]2c3cccn3-c3c(c(C)nn3-c3ccccc3)CN2C(=O)Nc2cccc(C)c2C)cc1. The number of anilines is 1. The third-order valence-corrected chi connectivity index (χ3v) is 7.90. The maximum Gasteiger partial charge on any atom is 0.322 e. The van der Waals surface area contributed by atoms with Gasteiger partial charge in [0.1, 0.15) is 5.82 Å². The summed E-state index contributed by atoms with van der Waals surface area (Å²) in [5, 5.41) is 8.18. The van der Waals surface area contributed by atoms with Gasteiger partial charge >= 0.3 is 6.03 Å². The number of hydrogen-bond donors (Lipinski definition) is 1. The zero-order valence-corrected chi connectivity index (χ0v) is 22.8. The highest BCUT2D eigenvalue weighted by Gasteiger charge is 2.36. The molecule has 1 aliphatic rings. The number of nitrogens with one attached hydrogen (secondary N) is 1. The van der Waals surface area contributed by atoms with Crippen LogP contribution in [-0.2, 0) is 13.0 Å². The molecule has 1 aliphatic heterocycles. The van der Waals surface area contributed by atoms with Crippen LogP contribution >= 0.6 is 0 Å². The Morgan fingerprint density at radius 2 is 1.69 bits per heavy atom. The first-order valence-corrected chi connectivity index (χ1v) is 13.5. The van der Waals surface area contributed by atoms with E-state index < -0.39 is 0 Å². The summed E-state index contributed by atoms with van der Waals surface area (Å²) in [6, 6.07) is 28.6. The molecule has 6 heteroatoms. The van der Waals surface area contributed by atoms with Crippen molar-refractivity contribution in [3.63, 3.8) is 0 Å². The topological polar surface area (TPSA) is 55.1 Å². The molecule has 0 aliphatic carbocycles. The Bertz CT molecular complexity index is 1650. The minimum atomic E-state index is -0.285. The summed E-state index contributed by atoms with van der Waals surface area (Å²) in [4.78, 5) is 16.1. The Morgan fingerprint density at radius 1 is 0.923 bits per heavy atom. The molecule has 39 heavy (non-hydrogen) atoms. The van der Waals surface area contributed by atoms with E-state index in [1.165, 1.54) is 5.56 Å². The van der Waals surface area contributed by atoms with Crippen LogP contribution in [-0.4, -0.2) is 25.3 Å². The largest absolute Gasteiger partial charge is 0.322 e. The molecule has 2 amide bonds. The molecule has 2 aromatic heterocycles. The summed E-state index contributed by atoms with van der Waals surface area (Å²) in [6.45, 7) is 8.72. The number of fused-ring (bicyclic) bond motifs is 3. The fourth-order valence-corrected chi connectivity index (χ4v) is 5.51. The average molecular weight is 516 g/mol. The van der Waals surface area contributed by atoms with Gasteiger partial charge in [-0.15, -0.1) is 0 Å². The van der Waals surface area contributed by atoms with Crippen molar-refractivity contribution in [2.24, 2.45) is 0 Å². The molecule has 5 aromatic rings. The third-order valence-electron chi connectivity index (χ3n) is 7.90. The van der Waals surface area contributed by atoms with E-state index in [2.05, 4.69) is 84.5 Å². The number of aryl methyl sites for hydroxylation is 3. The fourth-order valence-electron chi connectivity index (χ4n) is 5.51. The second-order valence-electron chi connectivity index (χ2n) is 10.2. The second-order valence-corrected chi connectivity index (χ2v) is 10.2. The number of rotatable bonds is 4. The van der Waals surface area contributed by atoms with Crippen molar-refractivity contribution in [2.75, 3.05) is 5.32 Å². The zero-order valence-electron chi connectivity index (χ0n) is 22.8. The summed E-state index contributed by atoms with van der Waals surface area (Å²) in [7, 11) is 0. The zero-order chi connectivity index (χ0) is 27.1. The highest BCUT2D eigenvalue weighted by Crippen LogP contribution is 2.39. The molecule has 0 spiro atoms. The molecular weight excluding hydrogens is 482 g/mol. The van der Waals surface area contributed by atoms with Crippen molar-refractivity contribution in [1.29, 1.82) is 0 Å². The number of hydrogen-bond acceptors (Lipinski definition) is 2. The summed E-state index contributed by atoms with van der Waals surface area (Å²) in [5.41, 5.74) is 9.33. The summed E-state index contributed by atoms with van der Waals surface area (Å²) in [5.74, 6) is 0.968. The van der Waals surface area contributed by atoms with E-state index >= 15 is 0 Å². The quantitative estimate of drug-likeness (QED) is 0.273. The van der Waals surface area contributed by atoms with Crippen LogP contribution in [0.25, 0.3) is 11.5 Å². The van der Waals surface area contributed by atoms with Gasteiger partial charge in [-0.3, -0.25) is 0 Å². The molecule has 0 fully saturated rings. The molecule has 196 valence electrons. The molecule has 1 atom stereocenters. The number of amides is 2. The van der Waals surface area contributed by atoms with Crippen LogP contribution in [0, 0.1) is 20.8 Å². The van der Waals surface area contributed by atoms with E-state index in [9.17, 15) is 4.79 Å². The van der Waals surface area contributed by atoms with E-state index in [4.69, 9.17) is 5.10 Å². The first-order chi connectivity index (χ1) is 19.0. The molecule has 1 N–H and O–H groups in total. The van der Waals surface area contributed by atoms with Crippen molar-refractivity contribution in [2.45, 2.75) is 46.7 Å². The lowest BCUT2D eigenvalue weighted by Crippen LogP contribution is -2.38. The normalized spacial score (nSPS) is 14.5. The predicted octanol–water partition coefficient (Wildman–Crippen LogP) is 7.29. The van der Waals surface area contributed by atoms with Crippen molar-refractivity contribution < 1.29 is 4.79 Å². The molecular formula is C33H33N5O. The predicted molar refractivity (Wildman–Crippen MR) is 156 cm³/mol. The molecule has 0 radical (unpaired) electrons. The van der Waals surface area contributed by atoms with Crippen molar-refractivity contribution in [3.8, 4) is 11.5 Å². The Balaban J connectivity index is 1.53. The lowest BCUT2D eigenvalue weighted by atomic mass is 9.99. The minimum Gasteiger partial charge on any atom is -0.308 e. The number of aromatic nitrogens is 3. The monoisotopic (exact) mass is 515 g/mol. The fraction of sp³-hybridized carbons (Fsp3) is 0.212. The van der Waals surface area contributed by atoms with Gasteiger partial charge in [0.2, 0.25) is 0 Å². The smallest absolute Gasteiger partial charge is 0.308 e. The minimum absolute atomic E-state index is 0.138. The highest BCUT2D eigenvalue weighted by molar-refractivity contribution is 5.91. The van der Waals surface area contributed by atoms with E-state index in [-0.39, 0.29) is 12.1 Å². The summed E-state index contributed by atoms with van der Waals surface area (Å²) < 4.78 is 4.20. The van der Waals surface area contributed by atoms with Gasteiger partial charge in [-0.1, -0.05) is 61.5 Å². The Hall–Kier alpha value is -4.58. The number of carbonyl (C=O) groups excluding carboxylic acids is 1. The lowest BCUT2D eigenvalue weighted by molar-refractivity contribution is 0.194. The Kier molecular flexibility index (Phi) is 6.31. The van der Waals surface area contributed by atoms with Crippen LogP contribution < -0.4 is 5.32 Å². The van der Waals surface area contributed by atoms with E-state index in [1.54, 1.807) is 0 Å². The first kappa shape index (κ1) is 24.7. The molecule has 0 saturated heterocycles. The molecule has 3 aromatic carbocycles. The maximum absolute atomic E-state index is 14.2. The lowest BCUT2D eigenvalue weighted by Gasteiger charge is -2.31. The summed E-state index contributed by atoms with van der Waals surface area (Å²) in [6.07, 6.45) is 3.05. The Labute approximate surface area is 229 Å². The molecule has 0 saturated carbocycles. The van der Waals surface area contributed by atoms with Gasteiger partial charge in [0.05, 0.1) is 29.7 Å². The Morgan fingerprint density at radius 3 is 2.44 bits per heavy atom. The highest BCUT2D eigenvalue weighted by atomic mass is 16.2. The summed E-state index contributed by atoms with van der Waals surface area (Å²) >= 11 is 0. The van der Waals surface area contributed by atoms with Gasteiger partial charge in [0, 0.05) is 17.4 Å². The van der Waals surface area contributed by atoms with Crippen molar-refractivity contribution in [3.05, 3.63) is 130 Å². The molecule has 6 rings (SSSR count). The van der Waals surface area contributed by atoms with Crippen LogP contribution in [0.5, 0.6) is 0 Å². The number of carbonyl (C=O) groups is 1. The van der Waals surface area contributed by atoms with Crippen LogP contribution in [0.1, 0.15) is 52.2 Å². The molecule has 3 heterocycles. The number of para-hydroxylation sites is 1. The first-order valence-electron chi connectivity index (χ1n) is 13.5. The third kappa shape index (κ3) is 4.32. The molecule has 0 unspecified atom stereocenters. The van der Waals surface area contributed by atoms with Gasteiger partial charge in [0.15, 0.2) is 0 Å². The van der Waals surface area contributed by atoms with E-state index in [1.807, 2.05) is 53.8 Å². The molecule has 6 nitrogen and oxygen atoms in total. The molecule has 0 bridgehead atoms. The van der Waals surface area contributed by atoms with Crippen molar-refractivity contribution >= 4 is 11.7 Å². The number of nitrogens with zero attached hydrogens (tertiary/aromatic N) is 4. The van der Waals surface area contributed by atoms with Crippen LogP contribution in [0.15, 0.2) is 91.1 Å². The standard InChI is InChI=1S/C33H33N5O/c1-5-25-16-18-26(19-17-25)31-30-15-10-20-36(30)32-28(24(4)35-38(32)27-12-7-6-8-13-27)21-37(31)33(39)34-29-14-9-11-22(2)23(29)3/h6-20,31H,5,21H2,1-4H3,(H,34,39)/t31-/m0/s1. The van der Waals surface area contributed by atoms with Gasteiger partial charge < -0.3 is 14.8 Å². The number of urea groups is 1. The average Bonchev–Trinajstić information content (AvgIpc) is 3.52. The van der Waals surface area contributed by atoms with Gasteiger partial charge in [-0.2, -0.15) is 5.10 Å². The van der Waals surface area contributed by atoms with Gasteiger partial charge in [-0.25, -0.2) is 9.48 Å². The number of benzene rings is 3. The van der Waals surface area contributed by atoms with Crippen molar-refractivity contribution in [1.82, 2.24) is 19.2 Å².